The first-order chi connectivity index (χ1) is 15.8. The van der Waals surface area contributed by atoms with Gasteiger partial charge in [0.2, 0.25) is 0 Å². The number of rotatable bonds is 12. The van der Waals surface area contributed by atoms with Crippen molar-refractivity contribution in [2.24, 2.45) is 4.99 Å². The van der Waals surface area contributed by atoms with Gasteiger partial charge in [0.15, 0.2) is 5.96 Å². The Labute approximate surface area is 192 Å². The molecule has 0 aliphatic carbocycles. The Morgan fingerprint density at radius 3 is 2.53 bits per heavy atom. The topological polar surface area (TPSA) is 73.8 Å². The predicted octanol–water partition coefficient (Wildman–Crippen LogP) is 3.67. The molecule has 2 heterocycles. The summed E-state index contributed by atoms with van der Waals surface area (Å²) in [6, 6.07) is 14.7. The molecule has 7 heteroatoms. The second-order valence-electron chi connectivity index (χ2n) is 8.03. The molecule has 3 N–H and O–H groups in total. The van der Waals surface area contributed by atoms with E-state index in [0.717, 1.165) is 69.6 Å². The van der Waals surface area contributed by atoms with Crippen LogP contribution in [0.1, 0.15) is 44.2 Å². The van der Waals surface area contributed by atoms with Crippen LogP contribution >= 0.6 is 0 Å². The molecule has 0 spiro atoms. The number of methoxy groups -OCH3 is 1. The summed E-state index contributed by atoms with van der Waals surface area (Å²) >= 11 is 0. The van der Waals surface area contributed by atoms with Gasteiger partial charge in [0.25, 0.3) is 0 Å². The molecule has 1 aliphatic rings. The van der Waals surface area contributed by atoms with Crippen LogP contribution < -0.4 is 20.7 Å². The van der Waals surface area contributed by atoms with Crippen molar-refractivity contribution in [3.05, 3.63) is 54.2 Å². The Morgan fingerprint density at radius 2 is 1.84 bits per heavy atom. The molecule has 0 radical (unpaired) electrons. The molecule has 0 bridgehead atoms. The number of benzene rings is 1. The highest BCUT2D eigenvalue weighted by atomic mass is 16.5. The highest BCUT2D eigenvalue weighted by Crippen LogP contribution is 2.27. The maximum atomic E-state index is 5.33. The Morgan fingerprint density at radius 1 is 1.06 bits per heavy atom. The molecule has 0 amide bonds. The van der Waals surface area contributed by atoms with Crippen molar-refractivity contribution in [1.82, 2.24) is 20.5 Å². The molecule has 1 saturated heterocycles. The largest absolute Gasteiger partial charge is 0.497 e. The summed E-state index contributed by atoms with van der Waals surface area (Å²) in [6.07, 6.45) is 6.48. The summed E-state index contributed by atoms with van der Waals surface area (Å²) in [6.45, 7) is 7.79. The van der Waals surface area contributed by atoms with E-state index < -0.39 is 0 Å². The monoisotopic (exact) mass is 438 g/mol. The molecule has 1 fully saturated rings. The third kappa shape index (κ3) is 7.71. The van der Waals surface area contributed by atoms with E-state index in [0.29, 0.717) is 6.04 Å². The second kappa shape index (κ2) is 13.6. The van der Waals surface area contributed by atoms with Crippen molar-refractivity contribution >= 4 is 11.8 Å². The summed E-state index contributed by atoms with van der Waals surface area (Å²) in [5.74, 6) is 2.72. The Balaban J connectivity index is 1.50. The maximum Gasteiger partial charge on any atom is 0.191 e. The fourth-order valence-corrected chi connectivity index (χ4v) is 3.97. The first-order valence-electron chi connectivity index (χ1n) is 11.8. The average Bonchev–Trinajstić information content (AvgIpc) is 3.37. The number of hydrogen-bond donors (Lipinski definition) is 3. The van der Waals surface area contributed by atoms with E-state index in [9.17, 15) is 0 Å². The minimum absolute atomic E-state index is 0.293. The molecule has 1 unspecified atom stereocenters. The number of nitrogens with zero attached hydrogens (tertiary/aromatic N) is 3. The summed E-state index contributed by atoms with van der Waals surface area (Å²) in [4.78, 5) is 11.8. The Kier molecular flexibility index (Phi) is 10.1. The first kappa shape index (κ1) is 23.9. The summed E-state index contributed by atoms with van der Waals surface area (Å²) < 4.78 is 5.33. The number of likely N-dealkylation sites (tertiary alicyclic amines) is 1. The lowest BCUT2D eigenvalue weighted by molar-refractivity contribution is 0.251. The normalized spacial score (nSPS) is 15.4. The quantitative estimate of drug-likeness (QED) is 0.267. The zero-order valence-electron chi connectivity index (χ0n) is 19.5. The fourth-order valence-electron chi connectivity index (χ4n) is 3.97. The number of pyridine rings is 1. The molecule has 32 heavy (non-hydrogen) atoms. The van der Waals surface area contributed by atoms with Gasteiger partial charge < -0.3 is 20.7 Å². The van der Waals surface area contributed by atoms with Gasteiger partial charge in [-0.05, 0) is 75.5 Å². The van der Waals surface area contributed by atoms with Crippen LogP contribution in [0.4, 0.5) is 5.82 Å². The number of nitrogens with one attached hydrogen (secondary N) is 3. The van der Waals surface area contributed by atoms with E-state index >= 15 is 0 Å². The minimum atomic E-state index is 0.293. The van der Waals surface area contributed by atoms with Crippen molar-refractivity contribution in [3.63, 3.8) is 0 Å². The van der Waals surface area contributed by atoms with Crippen molar-refractivity contribution in [1.29, 1.82) is 0 Å². The van der Waals surface area contributed by atoms with Gasteiger partial charge in [-0.25, -0.2) is 4.98 Å². The molecule has 0 saturated carbocycles. The van der Waals surface area contributed by atoms with Crippen LogP contribution in [-0.2, 0) is 0 Å². The number of aliphatic imine (C=N–C) groups is 1. The lowest BCUT2D eigenvalue weighted by Crippen LogP contribution is -2.39. The van der Waals surface area contributed by atoms with Gasteiger partial charge in [-0.15, -0.1) is 0 Å². The minimum Gasteiger partial charge on any atom is -0.497 e. The fraction of sp³-hybridized carbons (Fsp3) is 0.520. The van der Waals surface area contributed by atoms with E-state index in [2.05, 4.69) is 44.9 Å². The highest BCUT2D eigenvalue weighted by molar-refractivity contribution is 5.79. The van der Waals surface area contributed by atoms with Gasteiger partial charge in [-0.2, -0.15) is 0 Å². The number of ether oxygens (including phenoxy) is 1. The van der Waals surface area contributed by atoms with E-state index in [1.807, 2.05) is 36.5 Å². The zero-order chi connectivity index (χ0) is 22.4. The number of unbranched alkanes of at least 4 members (excludes halogenated alkanes) is 1. The van der Waals surface area contributed by atoms with Crippen LogP contribution in [0.2, 0.25) is 0 Å². The second-order valence-corrected chi connectivity index (χ2v) is 8.03. The molecule has 3 rings (SSSR count). The van der Waals surface area contributed by atoms with E-state index in [1.165, 1.54) is 18.4 Å². The van der Waals surface area contributed by atoms with Crippen LogP contribution in [-0.4, -0.2) is 62.2 Å². The van der Waals surface area contributed by atoms with Gasteiger partial charge >= 0.3 is 0 Å². The van der Waals surface area contributed by atoms with Crippen molar-refractivity contribution < 1.29 is 4.74 Å². The zero-order valence-corrected chi connectivity index (χ0v) is 19.5. The molecular formula is C25H38N6O. The van der Waals surface area contributed by atoms with Crippen molar-refractivity contribution in [2.75, 3.05) is 51.7 Å². The predicted molar refractivity (Wildman–Crippen MR) is 132 cm³/mol. The van der Waals surface area contributed by atoms with Crippen LogP contribution in [0.25, 0.3) is 0 Å². The van der Waals surface area contributed by atoms with Crippen LogP contribution in [0.3, 0.4) is 0 Å². The molecule has 1 atom stereocenters. The molecule has 2 aromatic rings. The number of aromatic nitrogens is 1. The molecule has 7 nitrogen and oxygen atoms in total. The molecule has 1 aromatic heterocycles. The average molecular weight is 439 g/mol. The van der Waals surface area contributed by atoms with Gasteiger partial charge in [0.1, 0.15) is 11.6 Å². The van der Waals surface area contributed by atoms with Crippen molar-refractivity contribution in [3.8, 4) is 5.75 Å². The molecule has 1 aliphatic heterocycles. The standard InChI is InChI=1S/C25H38N6O/c1-3-26-25(29-17-7-6-16-28-24-10-4-5-15-27-24)30-20-23(31-18-8-9-19-31)21-11-13-22(32-2)14-12-21/h4-5,10-15,23H,3,6-9,16-20H2,1-2H3,(H,27,28)(H2,26,29,30). The van der Waals surface area contributed by atoms with E-state index in [4.69, 9.17) is 9.73 Å². The van der Waals surface area contributed by atoms with Crippen LogP contribution in [0.5, 0.6) is 5.75 Å². The maximum absolute atomic E-state index is 5.33. The summed E-state index contributed by atoms with van der Waals surface area (Å²) in [5.41, 5.74) is 1.30. The van der Waals surface area contributed by atoms with Crippen LogP contribution in [0, 0.1) is 0 Å². The van der Waals surface area contributed by atoms with Gasteiger partial charge in [-0.3, -0.25) is 9.89 Å². The van der Waals surface area contributed by atoms with Gasteiger partial charge in [0, 0.05) is 25.8 Å². The third-order valence-electron chi connectivity index (χ3n) is 5.72. The molecule has 1 aromatic carbocycles. The van der Waals surface area contributed by atoms with Gasteiger partial charge in [-0.1, -0.05) is 18.2 Å². The summed E-state index contributed by atoms with van der Waals surface area (Å²) in [5, 5.41) is 10.2. The lowest BCUT2D eigenvalue weighted by atomic mass is 10.1. The summed E-state index contributed by atoms with van der Waals surface area (Å²) in [7, 11) is 1.71. The number of hydrogen-bond acceptors (Lipinski definition) is 5. The SMILES string of the molecule is CCNC(=NCC(c1ccc(OC)cc1)N1CCCC1)NCCCCNc1ccccn1. The molecular weight excluding hydrogens is 400 g/mol. The number of anilines is 1. The highest BCUT2D eigenvalue weighted by Gasteiger charge is 2.23. The number of guanidine groups is 1. The third-order valence-corrected chi connectivity index (χ3v) is 5.72. The van der Waals surface area contributed by atoms with Gasteiger partial charge in [0.05, 0.1) is 19.7 Å². The Bertz CT molecular complexity index is 790. The first-order valence-corrected chi connectivity index (χ1v) is 11.8. The van der Waals surface area contributed by atoms with E-state index in [-0.39, 0.29) is 0 Å². The smallest absolute Gasteiger partial charge is 0.191 e. The van der Waals surface area contributed by atoms with Crippen molar-refractivity contribution in [2.45, 2.75) is 38.6 Å². The Hall–Kier alpha value is -2.80. The molecule has 174 valence electrons. The lowest BCUT2D eigenvalue weighted by Gasteiger charge is -2.27. The van der Waals surface area contributed by atoms with Crippen LogP contribution in [0.15, 0.2) is 53.7 Å². The van der Waals surface area contributed by atoms with E-state index in [1.54, 1.807) is 7.11 Å².